The number of carbonyl (C=O) groups excluding carboxylic acids is 1. The van der Waals surface area contributed by atoms with Crippen LogP contribution in [0.1, 0.15) is 0 Å². The first kappa shape index (κ1) is 7.88. The second-order valence-corrected chi connectivity index (χ2v) is 2.18. The Bertz CT molecular complexity index is 263. The van der Waals surface area contributed by atoms with Gasteiger partial charge in [0.2, 0.25) is 0 Å². The molecule has 0 unspecified atom stereocenters. The molecule has 0 saturated heterocycles. The summed E-state index contributed by atoms with van der Waals surface area (Å²) in [5.74, 6) is -0.599. The summed E-state index contributed by atoms with van der Waals surface area (Å²) in [6, 6.07) is 3.09. The lowest BCUT2D eigenvalue weighted by atomic mass is 10.6. The second kappa shape index (κ2) is 3.25. The van der Waals surface area contributed by atoms with Crippen molar-refractivity contribution in [2.75, 3.05) is 0 Å². The summed E-state index contributed by atoms with van der Waals surface area (Å²) < 4.78 is 9.29. The molecule has 0 aliphatic rings. The van der Waals surface area contributed by atoms with E-state index >= 15 is 0 Å². The maximum Gasteiger partial charge on any atom is 0.356 e. The minimum absolute atomic E-state index is 0.108. The van der Waals surface area contributed by atoms with Gasteiger partial charge in [0, 0.05) is 6.07 Å². The number of carbonyl (C=O) groups is 1. The summed E-state index contributed by atoms with van der Waals surface area (Å²) in [5.41, 5.74) is 0. The van der Waals surface area contributed by atoms with Crippen LogP contribution in [0.5, 0.6) is 5.95 Å². The summed E-state index contributed by atoms with van der Waals surface area (Å²) in [5, 5.41) is -0.179. The van der Waals surface area contributed by atoms with Crippen LogP contribution in [0.3, 0.4) is 0 Å². The normalized spacial score (nSPS) is 9.18. The Morgan fingerprint density at radius 2 is 2.45 bits per heavy atom. The molecular formula is C7H5ClO3. The molecule has 0 radical (unpaired) electrons. The first-order chi connectivity index (χ1) is 5.20. The molecule has 58 valence electrons. The Kier molecular flexibility index (Phi) is 2.33. The van der Waals surface area contributed by atoms with Gasteiger partial charge in [-0.3, -0.25) is 0 Å². The molecule has 0 amide bonds. The van der Waals surface area contributed by atoms with Crippen LogP contribution in [0.15, 0.2) is 34.4 Å². The van der Waals surface area contributed by atoms with Crippen molar-refractivity contribution in [1.82, 2.24) is 0 Å². The SMILES string of the molecule is C=C(Cl)C(=O)Oc1ccco1. The highest BCUT2D eigenvalue weighted by molar-refractivity contribution is 6.41. The molecule has 0 spiro atoms. The molecule has 3 nitrogen and oxygen atoms in total. The van der Waals surface area contributed by atoms with Gasteiger partial charge in [0.25, 0.3) is 5.95 Å². The average molecular weight is 173 g/mol. The standard InChI is InChI=1S/C7H5ClO3/c1-5(8)7(9)11-6-3-2-4-10-6/h2-4H,1H2. The number of rotatable bonds is 2. The van der Waals surface area contributed by atoms with E-state index in [-0.39, 0.29) is 11.0 Å². The van der Waals surface area contributed by atoms with Crippen LogP contribution in [0.2, 0.25) is 0 Å². The molecule has 11 heavy (non-hydrogen) atoms. The van der Waals surface area contributed by atoms with E-state index in [4.69, 9.17) is 16.0 Å². The van der Waals surface area contributed by atoms with Crippen LogP contribution in [-0.2, 0) is 4.79 Å². The van der Waals surface area contributed by atoms with E-state index in [1.807, 2.05) is 0 Å². The van der Waals surface area contributed by atoms with Crippen LogP contribution < -0.4 is 4.74 Å². The second-order valence-electron chi connectivity index (χ2n) is 1.73. The van der Waals surface area contributed by atoms with Crippen molar-refractivity contribution in [3.63, 3.8) is 0 Å². The monoisotopic (exact) mass is 172 g/mol. The molecule has 0 aliphatic heterocycles. The van der Waals surface area contributed by atoms with Crippen LogP contribution in [-0.4, -0.2) is 5.97 Å². The fourth-order valence-electron chi connectivity index (χ4n) is 0.468. The minimum atomic E-state index is -0.707. The predicted octanol–water partition coefficient (Wildman–Crippen LogP) is 1.94. The smallest absolute Gasteiger partial charge is 0.356 e. The molecule has 0 bridgehead atoms. The lowest BCUT2D eigenvalue weighted by Gasteiger charge is -1.95. The Hall–Kier alpha value is -1.22. The Morgan fingerprint density at radius 1 is 1.73 bits per heavy atom. The van der Waals surface area contributed by atoms with Crippen molar-refractivity contribution in [2.24, 2.45) is 0 Å². The van der Waals surface area contributed by atoms with E-state index in [2.05, 4.69) is 11.3 Å². The van der Waals surface area contributed by atoms with Crippen LogP contribution in [0.4, 0.5) is 0 Å². The van der Waals surface area contributed by atoms with Crippen molar-refractivity contribution in [3.8, 4) is 5.95 Å². The molecule has 0 aliphatic carbocycles. The number of furan rings is 1. The molecule has 1 aromatic heterocycles. The van der Waals surface area contributed by atoms with E-state index in [9.17, 15) is 4.79 Å². The molecule has 1 aromatic rings. The van der Waals surface area contributed by atoms with Gasteiger partial charge in [-0.05, 0) is 6.07 Å². The molecule has 1 rings (SSSR count). The van der Waals surface area contributed by atoms with Gasteiger partial charge < -0.3 is 9.15 Å². The first-order valence-corrected chi connectivity index (χ1v) is 3.18. The summed E-state index contributed by atoms with van der Waals surface area (Å²) in [6.07, 6.45) is 1.39. The van der Waals surface area contributed by atoms with Crippen molar-refractivity contribution >= 4 is 17.6 Å². The number of hydrogen-bond acceptors (Lipinski definition) is 3. The van der Waals surface area contributed by atoms with E-state index in [1.165, 1.54) is 12.3 Å². The lowest BCUT2D eigenvalue weighted by molar-refractivity contribution is -0.130. The molecular weight excluding hydrogens is 168 g/mol. The Morgan fingerprint density at radius 3 is 2.91 bits per heavy atom. The zero-order valence-electron chi connectivity index (χ0n) is 5.54. The third kappa shape index (κ3) is 2.13. The molecule has 0 aromatic carbocycles. The van der Waals surface area contributed by atoms with Crippen molar-refractivity contribution in [1.29, 1.82) is 0 Å². The lowest BCUT2D eigenvalue weighted by Crippen LogP contribution is -2.05. The zero-order chi connectivity index (χ0) is 8.27. The van der Waals surface area contributed by atoms with Crippen molar-refractivity contribution in [2.45, 2.75) is 0 Å². The van der Waals surface area contributed by atoms with E-state index in [1.54, 1.807) is 6.07 Å². The van der Waals surface area contributed by atoms with E-state index < -0.39 is 5.97 Å². The van der Waals surface area contributed by atoms with Crippen LogP contribution in [0.25, 0.3) is 0 Å². The van der Waals surface area contributed by atoms with Gasteiger partial charge in [-0.1, -0.05) is 18.2 Å². The summed E-state index contributed by atoms with van der Waals surface area (Å²) in [4.78, 5) is 10.7. The van der Waals surface area contributed by atoms with Gasteiger partial charge >= 0.3 is 5.97 Å². The highest BCUT2D eigenvalue weighted by Gasteiger charge is 2.07. The average Bonchev–Trinajstić information content (AvgIpc) is 2.39. The number of ether oxygens (including phenoxy) is 1. The third-order valence-corrected chi connectivity index (χ3v) is 1.06. The number of halogens is 1. The topological polar surface area (TPSA) is 39.4 Å². The quantitative estimate of drug-likeness (QED) is 0.506. The fraction of sp³-hybridized carbons (Fsp3) is 0. The van der Waals surface area contributed by atoms with E-state index in [0.29, 0.717) is 0 Å². The zero-order valence-corrected chi connectivity index (χ0v) is 6.30. The minimum Gasteiger partial charge on any atom is -0.434 e. The summed E-state index contributed by atoms with van der Waals surface area (Å²) >= 11 is 5.23. The Balaban J connectivity index is 2.57. The van der Waals surface area contributed by atoms with Gasteiger partial charge in [0.05, 0.1) is 6.26 Å². The van der Waals surface area contributed by atoms with Gasteiger partial charge in [-0.15, -0.1) is 0 Å². The maximum atomic E-state index is 10.7. The first-order valence-electron chi connectivity index (χ1n) is 2.80. The highest BCUT2D eigenvalue weighted by atomic mass is 35.5. The van der Waals surface area contributed by atoms with Crippen LogP contribution in [0, 0.1) is 0 Å². The third-order valence-electron chi connectivity index (χ3n) is 0.910. The van der Waals surface area contributed by atoms with Gasteiger partial charge in [-0.25, -0.2) is 4.79 Å². The molecule has 0 N–H and O–H groups in total. The van der Waals surface area contributed by atoms with Gasteiger partial charge in [0.1, 0.15) is 5.03 Å². The largest absolute Gasteiger partial charge is 0.434 e. The van der Waals surface area contributed by atoms with E-state index in [0.717, 1.165) is 0 Å². The molecule has 0 fully saturated rings. The van der Waals surface area contributed by atoms with Crippen molar-refractivity contribution in [3.05, 3.63) is 30.0 Å². The van der Waals surface area contributed by atoms with Gasteiger partial charge in [-0.2, -0.15) is 0 Å². The molecule has 0 saturated carbocycles. The maximum absolute atomic E-state index is 10.7. The van der Waals surface area contributed by atoms with Gasteiger partial charge in [0.15, 0.2) is 0 Å². The summed E-state index contributed by atoms with van der Waals surface area (Å²) in [7, 11) is 0. The highest BCUT2D eigenvalue weighted by Crippen LogP contribution is 2.12. The molecule has 1 heterocycles. The predicted molar refractivity (Wildman–Crippen MR) is 39.3 cm³/mol. The number of esters is 1. The van der Waals surface area contributed by atoms with Crippen molar-refractivity contribution < 1.29 is 13.9 Å². The molecule has 0 atom stereocenters. The van der Waals surface area contributed by atoms with Crippen LogP contribution >= 0.6 is 11.6 Å². The fourth-order valence-corrected chi connectivity index (χ4v) is 0.507. The summed E-state index contributed by atoms with van der Waals surface area (Å²) in [6.45, 7) is 3.18. The molecule has 4 heteroatoms. The number of hydrogen-bond donors (Lipinski definition) is 0. The Labute approximate surface area is 68.2 Å².